The SMILES string of the molecule is COc1ccccc1CC(=O)NCc1ccc(C2OC(C)(C)C(C)(C)O2)cc1. The van der Waals surface area contributed by atoms with Crippen molar-refractivity contribution in [3.63, 3.8) is 0 Å². The second-order valence-electron chi connectivity index (χ2n) is 8.10. The number of rotatable bonds is 6. The molecule has 3 rings (SSSR count). The molecule has 0 radical (unpaired) electrons. The monoisotopic (exact) mass is 383 g/mol. The average molecular weight is 383 g/mol. The van der Waals surface area contributed by atoms with Crippen LogP contribution in [-0.2, 0) is 27.2 Å². The highest BCUT2D eigenvalue weighted by atomic mass is 16.7. The third-order valence-corrected chi connectivity index (χ3v) is 5.54. The van der Waals surface area contributed by atoms with E-state index in [1.54, 1.807) is 7.11 Å². The third kappa shape index (κ3) is 4.37. The molecule has 0 atom stereocenters. The van der Waals surface area contributed by atoms with Gasteiger partial charge < -0.3 is 19.5 Å². The van der Waals surface area contributed by atoms with E-state index in [0.717, 1.165) is 22.4 Å². The lowest BCUT2D eigenvalue weighted by Crippen LogP contribution is -2.41. The molecule has 0 spiro atoms. The van der Waals surface area contributed by atoms with Crippen molar-refractivity contribution in [2.24, 2.45) is 0 Å². The van der Waals surface area contributed by atoms with E-state index in [1.807, 2.05) is 76.2 Å². The summed E-state index contributed by atoms with van der Waals surface area (Å²) in [6.45, 7) is 8.63. The van der Waals surface area contributed by atoms with Crippen molar-refractivity contribution in [2.75, 3.05) is 7.11 Å². The maximum absolute atomic E-state index is 12.3. The predicted octanol–water partition coefficient (Wildman–Crippen LogP) is 4.16. The number of methoxy groups -OCH3 is 1. The van der Waals surface area contributed by atoms with Crippen LogP contribution in [0.4, 0.5) is 0 Å². The Hall–Kier alpha value is -2.37. The molecule has 0 saturated carbocycles. The number of ether oxygens (including phenoxy) is 3. The predicted molar refractivity (Wildman–Crippen MR) is 108 cm³/mol. The fourth-order valence-corrected chi connectivity index (χ4v) is 3.06. The number of para-hydroxylation sites is 1. The molecule has 1 amide bonds. The summed E-state index contributed by atoms with van der Waals surface area (Å²) in [5.41, 5.74) is 2.15. The Kier molecular flexibility index (Phi) is 5.77. The van der Waals surface area contributed by atoms with Crippen LogP contribution in [0.15, 0.2) is 48.5 Å². The summed E-state index contributed by atoms with van der Waals surface area (Å²) in [6.07, 6.45) is -0.0880. The Balaban J connectivity index is 1.56. The molecule has 1 aliphatic rings. The second kappa shape index (κ2) is 7.94. The molecule has 0 aliphatic carbocycles. The van der Waals surface area contributed by atoms with E-state index in [4.69, 9.17) is 14.2 Å². The van der Waals surface area contributed by atoms with Gasteiger partial charge in [-0.1, -0.05) is 42.5 Å². The van der Waals surface area contributed by atoms with E-state index in [-0.39, 0.29) is 29.8 Å². The molecular formula is C23H29NO4. The van der Waals surface area contributed by atoms with Crippen LogP contribution >= 0.6 is 0 Å². The summed E-state index contributed by atoms with van der Waals surface area (Å²) in [5.74, 6) is 0.684. The van der Waals surface area contributed by atoms with E-state index in [2.05, 4.69) is 5.32 Å². The molecule has 1 N–H and O–H groups in total. The maximum atomic E-state index is 12.3. The number of hydrogen-bond acceptors (Lipinski definition) is 4. The minimum Gasteiger partial charge on any atom is -0.496 e. The lowest BCUT2D eigenvalue weighted by molar-refractivity contribution is -0.120. The smallest absolute Gasteiger partial charge is 0.224 e. The van der Waals surface area contributed by atoms with Crippen LogP contribution in [-0.4, -0.2) is 24.2 Å². The van der Waals surface area contributed by atoms with Gasteiger partial charge in [-0.15, -0.1) is 0 Å². The van der Waals surface area contributed by atoms with Gasteiger partial charge in [0, 0.05) is 17.7 Å². The molecule has 5 nitrogen and oxygen atoms in total. The summed E-state index contributed by atoms with van der Waals surface area (Å²) in [5, 5.41) is 2.96. The number of carbonyl (C=O) groups is 1. The Morgan fingerprint density at radius 2 is 1.61 bits per heavy atom. The fraction of sp³-hybridized carbons (Fsp3) is 0.435. The van der Waals surface area contributed by atoms with Gasteiger partial charge in [0.1, 0.15) is 5.75 Å². The average Bonchev–Trinajstić information content (AvgIpc) is 2.88. The first-order chi connectivity index (χ1) is 13.2. The third-order valence-electron chi connectivity index (χ3n) is 5.54. The molecule has 28 heavy (non-hydrogen) atoms. The van der Waals surface area contributed by atoms with Gasteiger partial charge in [0.2, 0.25) is 5.91 Å². The van der Waals surface area contributed by atoms with E-state index in [0.29, 0.717) is 6.54 Å². The van der Waals surface area contributed by atoms with Gasteiger partial charge in [-0.05, 0) is 39.3 Å². The highest BCUT2D eigenvalue weighted by Crippen LogP contribution is 2.44. The molecule has 2 aromatic carbocycles. The number of carbonyl (C=O) groups excluding carboxylic acids is 1. The molecule has 1 fully saturated rings. The van der Waals surface area contributed by atoms with Crippen LogP contribution in [0.3, 0.4) is 0 Å². The zero-order valence-electron chi connectivity index (χ0n) is 17.2. The van der Waals surface area contributed by atoms with Crippen LogP contribution in [0.2, 0.25) is 0 Å². The van der Waals surface area contributed by atoms with Crippen LogP contribution in [0.5, 0.6) is 5.75 Å². The van der Waals surface area contributed by atoms with Crippen molar-refractivity contribution < 1.29 is 19.0 Å². The first kappa shape index (κ1) is 20.4. The maximum Gasteiger partial charge on any atom is 0.224 e. The lowest BCUT2D eigenvalue weighted by Gasteiger charge is -2.30. The standard InChI is InChI=1S/C23H29NO4/c1-22(2)23(3,4)28-21(27-22)17-12-10-16(11-13-17)15-24-20(25)14-18-8-6-7-9-19(18)26-5/h6-13,21H,14-15H2,1-5H3,(H,24,25). The molecular weight excluding hydrogens is 354 g/mol. The summed E-state index contributed by atoms with van der Waals surface area (Å²) in [6, 6.07) is 15.5. The Morgan fingerprint density at radius 3 is 2.21 bits per heavy atom. The Labute approximate surface area is 167 Å². The van der Waals surface area contributed by atoms with Gasteiger partial charge in [0.25, 0.3) is 0 Å². The number of benzene rings is 2. The van der Waals surface area contributed by atoms with Gasteiger partial charge >= 0.3 is 0 Å². The molecule has 1 aliphatic heterocycles. The molecule has 2 aromatic rings. The second-order valence-corrected chi connectivity index (χ2v) is 8.10. The summed E-state index contributed by atoms with van der Waals surface area (Å²) in [4.78, 5) is 12.3. The summed E-state index contributed by atoms with van der Waals surface area (Å²) in [7, 11) is 1.61. The van der Waals surface area contributed by atoms with Crippen molar-refractivity contribution in [1.29, 1.82) is 0 Å². The molecule has 0 bridgehead atoms. The van der Waals surface area contributed by atoms with Gasteiger partial charge in [-0.3, -0.25) is 4.79 Å². The highest BCUT2D eigenvalue weighted by molar-refractivity contribution is 5.79. The zero-order chi connectivity index (χ0) is 20.4. The van der Waals surface area contributed by atoms with E-state index in [9.17, 15) is 4.79 Å². The van der Waals surface area contributed by atoms with Crippen LogP contribution < -0.4 is 10.1 Å². The summed E-state index contributed by atoms with van der Waals surface area (Å²) >= 11 is 0. The molecule has 0 aromatic heterocycles. The van der Waals surface area contributed by atoms with Crippen molar-refractivity contribution >= 4 is 5.91 Å². The van der Waals surface area contributed by atoms with Gasteiger partial charge in [0.15, 0.2) is 6.29 Å². The molecule has 150 valence electrons. The minimum atomic E-state index is -0.376. The first-order valence-corrected chi connectivity index (χ1v) is 9.55. The first-order valence-electron chi connectivity index (χ1n) is 9.55. The summed E-state index contributed by atoms with van der Waals surface area (Å²) < 4.78 is 17.4. The van der Waals surface area contributed by atoms with E-state index in [1.165, 1.54) is 0 Å². The minimum absolute atomic E-state index is 0.0421. The number of nitrogens with one attached hydrogen (secondary N) is 1. The van der Waals surface area contributed by atoms with Crippen molar-refractivity contribution in [3.8, 4) is 5.75 Å². The number of hydrogen-bond donors (Lipinski definition) is 1. The van der Waals surface area contributed by atoms with Gasteiger partial charge in [-0.25, -0.2) is 0 Å². The topological polar surface area (TPSA) is 56.8 Å². The molecule has 5 heteroatoms. The van der Waals surface area contributed by atoms with Gasteiger partial charge in [-0.2, -0.15) is 0 Å². The lowest BCUT2D eigenvalue weighted by atomic mass is 9.90. The molecule has 1 heterocycles. The van der Waals surface area contributed by atoms with Crippen molar-refractivity contribution in [3.05, 3.63) is 65.2 Å². The molecule has 1 saturated heterocycles. The fourth-order valence-electron chi connectivity index (χ4n) is 3.06. The van der Waals surface area contributed by atoms with Crippen LogP contribution in [0.1, 0.15) is 50.7 Å². The Bertz CT molecular complexity index is 811. The quantitative estimate of drug-likeness (QED) is 0.814. The van der Waals surface area contributed by atoms with Crippen LogP contribution in [0.25, 0.3) is 0 Å². The normalized spacial score (nSPS) is 18.0. The molecule has 0 unspecified atom stereocenters. The largest absolute Gasteiger partial charge is 0.496 e. The van der Waals surface area contributed by atoms with Crippen molar-refractivity contribution in [2.45, 2.75) is 58.2 Å². The van der Waals surface area contributed by atoms with E-state index < -0.39 is 0 Å². The van der Waals surface area contributed by atoms with E-state index >= 15 is 0 Å². The Morgan fingerprint density at radius 1 is 1.00 bits per heavy atom. The highest BCUT2D eigenvalue weighted by Gasteiger charge is 2.49. The zero-order valence-corrected chi connectivity index (χ0v) is 17.2. The van der Waals surface area contributed by atoms with Crippen LogP contribution in [0, 0.1) is 0 Å². The number of amides is 1. The van der Waals surface area contributed by atoms with Crippen molar-refractivity contribution in [1.82, 2.24) is 5.32 Å². The van der Waals surface area contributed by atoms with Gasteiger partial charge in [0.05, 0.1) is 24.7 Å².